The van der Waals surface area contributed by atoms with Gasteiger partial charge in [-0.1, -0.05) is 25.9 Å². The lowest BCUT2D eigenvalue weighted by Crippen LogP contribution is -2.43. The SMILES string of the molecule is CC[C@H]1CCCCN1C(=O)c1noc(C(C)C)c1[N+](=O)[O-]. The number of nitrogens with zero attached hydrogens (tertiary/aromatic N) is 3. The molecule has 116 valence electrons. The first-order chi connectivity index (χ1) is 9.97. The van der Waals surface area contributed by atoms with Gasteiger partial charge in [-0.25, -0.2) is 0 Å². The van der Waals surface area contributed by atoms with Gasteiger partial charge in [0.05, 0.1) is 4.92 Å². The molecule has 1 aliphatic heterocycles. The Bertz CT molecular complexity index is 538. The summed E-state index contributed by atoms with van der Waals surface area (Å²) < 4.78 is 5.06. The van der Waals surface area contributed by atoms with Crippen LogP contribution >= 0.6 is 0 Å². The van der Waals surface area contributed by atoms with E-state index in [-0.39, 0.29) is 35.0 Å². The second-order valence-electron chi connectivity index (χ2n) is 5.71. The van der Waals surface area contributed by atoms with Gasteiger partial charge in [-0.05, 0) is 25.7 Å². The predicted octanol–water partition coefficient (Wildman–Crippen LogP) is 3.11. The highest BCUT2D eigenvalue weighted by molar-refractivity contribution is 5.96. The number of hydrogen-bond acceptors (Lipinski definition) is 5. The van der Waals surface area contributed by atoms with Crippen molar-refractivity contribution >= 4 is 11.6 Å². The van der Waals surface area contributed by atoms with Crippen molar-refractivity contribution in [3.8, 4) is 0 Å². The van der Waals surface area contributed by atoms with Gasteiger partial charge in [0.25, 0.3) is 5.91 Å². The summed E-state index contributed by atoms with van der Waals surface area (Å²) in [5, 5.41) is 15.0. The maximum Gasteiger partial charge on any atom is 0.344 e. The minimum atomic E-state index is -0.566. The van der Waals surface area contributed by atoms with E-state index in [9.17, 15) is 14.9 Å². The van der Waals surface area contributed by atoms with Crippen LogP contribution in [0.15, 0.2) is 4.52 Å². The Morgan fingerprint density at radius 2 is 2.24 bits per heavy atom. The highest BCUT2D eigenvalue weighted by Gasteiger charge is 2.37. The molecule has 0 N–H and O–H groups in total. The molecule has 2 rings (SSSR count). The number of hydrogen-bond donors (Lipinski definition) is 0. The molecule has 1 amide bonds. The monoisotopic (exact) mass is 295 g/mol. The number of carbonyl (C=O) groups is 1. The van der Waals surface area contributed by atoms with E-state index in [0.29, 0.717) is 6.54 Å². The molecule has 21 heavy (non-hydrogen) atoms. The summed E-state index contributed by atoms with van der Waals surface area (Å²) in [6, 6.07) is 0.130. The van der Waals surface area contributed by atoms with Crippen LogP contribution in [0.25, 0.3) is 0 Å². The molecular formula is C14H21N3O4. The van der Waals surface area contributed by atoms with Crippen molar-refractivity contribution in [2.45, 2.75) is 58.4 Å². The van der Waals surface area contributed by atoms with Gasteiger partial charge in [-0.15, -0.1) is 0 Å². The minimum absolute atomic E-state index is 0.130. The molecule has 1 aromatic heterocycles. The lowest BCUT2D eigenvalue weighted by molar-refractivity contribution is -0.386. The summed E-state index contributed by atoms with van der Waals surface area (Å²) in [5.41, 5.74) is -0.445. The van der Waals surface area contributed by atoms with Gasteiger partial charge in [-0.3, -0.25) is 14.9 Å². The fourth-order valence-corrected chi connectivity index (χ4v) is 2.82. The normalized spacial score (nSPS) is 19.0. The number of nitro groups is 1. The van der Waals surface area contributed by atoms with Crippen LogP contribution in [0.1, 0.15) is 68.6 Å². The number of amides is 1. The Balaban J connectivity index is 2.36. The first-order valence-corrected chi connectivity index (χ1v) is 7.42. The minimum Gasteiger partial charge on any atom is -0.353 e. The van der Waals surface area contributed by atoms with Gasteiger partial charge in [0.2, 0.25) is 11.5 Å². The van der Waals surface area contributed by atoms with Crippen LogP contribution in [0, 0.1) is 10.1 Å². The van der Waals surface area contributed by atoms with E-state index in [4.69, 9.17) is 4.52 Å². The molecule has 1 aromatic rings. The fraction of sp³-hybridized carbons (Fsp3) is 0.714. The van der Waals surface area contributed by atoms with Gasteiger partial charge >= 0.3 is 5.69 Å². The first-order valence-electron chi connectivity index (χ1n) is 7.42. The van der Waals surface area contributed by atoms with E-state index in [1.54, 1.807) is 18.7 Å². The van der Waals surface area contributed by atoms with Crippen LogP contribution in [-0.2, 0) is 0 Å². The van der Waals surface area contributed by atoms with Crippen molar-refractivity contribution in [1.29, 1.82) is 0 Å². The zero-order valence-electron chi connectivity index (χ0n) is 12.7. The van der Waals surface area contributed by atoms with Gasteiger partial charge in [0.15, 0.2) is 0 Å². The number of aromatic nitrogens is 1. The standard InChI is InChI=1S/C14H21N3O4/c1-4-10-7-5-6-8-16(10)14(18)11-12(17(19)20)13(9(2)3)21-15-11/h9-10H,4-8H2,1-3H3/t10-/m0/s1. The molecule has 7 nitrogen and oxygen atoms in total. The lowest BCUT2D eigenvalue weighted by atomic mass is 9.99. The maximum absolute atomic E-state index is 12.6. The van der Waals surface area contributed by atoms with Crippen LogP contribution in [0.4, 0.5) is 5.69 Å². The molecule has 7 heteroatoms. The third-order valence-electron chi connectivity index (χ3n) is 3.96. The van der Waals surface area contributed by atoms with Gasteiger partial charge in [0, 0.05) is 18.5 Å². The van der Waals surface area contributed by atoms with E-state index in [1.807, 2.05) is 6.92 Å². The smallest absolute Gasteiger partial charge is 0.344 e. The van der Waals surface area contributed by atoms with Crippen LogP contribution in [0.2, 0.25) is 0 Å². The van der Waals surface area contributed by atoms with Crippen LogP contribution in [0.3, 0.4) is 0 Å². The Kier molecular flexibility index (Phi) is 4.59. The molecule has 0 radical (unpaired) electrons. The predicted molar refractivity (Wildman–Crippen MR) is 76.2 cm³/mol. The third kappa shape index (κ3) is 2.91. The summed E-state index contributed by atoms with van der Waals surface area (Å²) in [5.74, 6) is -0.417. The number of rotatable bonds is 4. The van der Waals surface area contributed by atoms with Crippen molar-refractivity contribution in [2.24, 2.45) is 0 Å². The van der Waals surface area contributed by atoms with Gasteiger partial charge < -0.3 is 9.42 Å². The van der Waals surface area contributed by atoms with Crippen molar-refractivity contribution in [3.63, 3.8) is 0 Å². The maximum atomic E-state index is 12.6. The zero-order chi connectivity index (χ0) is 15.6. The van der Waals surface area contributed by atoms with Crippen molar-refractivity contribution in [2.75, 3.05) is 6.54 Å². The van der Waals surface area contributed by atoms with Crippen molar-refractivity contribution in [3.05, 3.63) is 21.6 Å². The first kappa shape index (κ1) is 15.5. The molecule has 2 heterocycles. The van der Waals surface area contributed by atoms with E-state index < -0.39 is 4.92 Å². The van der Waals surface area contributed by atoms with E-state index in [1.165, 1.54) is 0 Å². The quantitative estimate of drug-likeness (QED) is 0.629. The molecule has 1 atom stereocenters. The summed E-state index contributed by atoms with van der Waals surface area (Å²) in [6.07, 6.45) is 3.78. The Hall–Kier alpha value is -1.92. The number of piperidine rings is 1. The molecular weight excluding hydrogens is 274 g/mol. The Labute approximate surface area is 123 Å². The van der Waals surface area contributed by atoms with Crippen LogP contribution in [-0.4, -0.2) is 33.5 Å². The molecule has 0 aliphatic carbocycles. The zero-order valence-corrected chi connectivity index (χ0v) is 12.7. The number of likely N-dealkylation sites (tertiary alicyclic amines) is 1. The van der Waals surface area contributed by atoms with Gasteiger partial charge in [0.1, 0.15) is 0 Å². The molecule has 1 fully saturated rings. The molecule has 1 aliphatic rings. The molecule has 0 saturated carbocycles. The van der Waals surface area contributed by atoms with Crippen molar-refractivity contribution < 1.29 is 14.2 Å². The molecule has 1 saturated heterocycles. The van der Waals surface area contributed by atoms with E-state index in [2.05, 4.69) is 5.16 Å². The molecule has 0 unspecified atom stereocenters. The second-order valence-corrected chi connectivity index (χ2v) is 5.71. The average Bonchev–Trinajstić information content (AvgIpc) is 2.91. The fourth-order valence-electron chi connectivity index (χ4n) is 2.82. The second kappa shape index (κ2) is 6.24. The van der Waals surface area contributed by atoms with Crippen LogP contribution in [0.5, 0.6) is 0 Å². The topological polar surface area (TPSA) is 89.5 Å². The summed E-state index contributed by atoms with van der Waals surface area (Å²) in [7, 11) is 0. The molecule has 0 bridgehead atoms. The third-order valence-corrected chi connectivity index (χ3v) is 3.96. The largest absolute Gasteiger partial charge is 0.353 e. The number of carbonyl (C=O) groups excluding carboxylic acids is 1. The lowest BCUT2D eigenvalue weighted by Gasteiger charge is -2.34. The summed E-state index contributed by atoms with van der Waals surface area (Å²) >= 11 is 0. The van der Waals surface area contributed by atoms with Crippen molar-refractivity contribution in [1.82, 2.24) is 10.1 Å². The molecule has 0 aromatic carbocycles. The van der Waals surface area contributed by atoms with E-state index >= 15 is 0 Å². The summed E-state index contributed by atoms with van der Waals surface area (Å²) in [6.45, 7) is 6.19. The average molecular weight is 295 g/mol. The molecule has 0 spiro atoms. The summed E-state index contributed by atoms with van der Waals surface area (Å²) in [4.78, 5) is 25.1. The van der Waals surface area contributed by atoms with Gasteiger partial charge in [-0.2, -0.15) is 0 Å². The van der Waals surface area contributed by atoms with Crippen LogP contribution < -0.4 is 0 Å². The Morgan fingerprint density at radius 3 is 2.81 bits per heavy atom. The highest BCUT2D eigenvalue weighted by Crippen LogP contribution is 2.32. The Morgan fingerprint density at radius 1 is 1.52 bits per heavy atom. The highest BCUT2D eigenvalue weighted by atomic mass is 16.6. The van der Waals surface area contributed by atoms with E-state index in [0.717, 1.165) is 25.7 Å².